The third kappa shape index (κ3) is 3.85. The molecule has 0 radical (unpaired) electrons. The zero-order chi connectivity index (χ0) is 15.5. The molecule has 6 heteroatoms. The zero-order valence-electron chi connectivity index (χ0n) is 12.2. The third-order valence-electron chi connectivity index (χ3n) is 3.35. The lowest BCUT2D eigenvalue weighted by atomic mass is 10.2. The Kier molecular flexibility index (Phi) is 4.67. The molecule has 1 amide bonds. The summed E-state index contributed by atoms with van der Waals surface area (Å²) in [5.74, 6) is 0.908. The monoisotopic (exact) mass is 309 g/mol. The Morgan fingerprint density at radius 3 is 2.76 bits per heavy atom. The number of carbonyl (C=O) groups is 1. The molecule has 2 heterocycles. The van der Waals surface area contributed by atoms with Crippen molar-refractivity contribution >= 4 is 15.7 Å². The molecule has 21 heavy (non-hydrogen) atoms. The van der Waals surface area contributed by atoms with Crippen molar-refractivity contribution in [2.75, 3.05) is 18.1 Å². The van der Waals surface area contributed by atoms with Crippen molar-refractivity contribution in [2.24, 2.45) is 0 Å². The zero-order valence-corrected chi connectivity index (χ0v) is 13.0. The van der Waals surface area contributed by atoms with E-state index in [0.29, 0.717) is 11.5 Å². The van der Waals surface area contributed by atoms with Crippen LogP contribution in [0.15, 0.2) is 40.9 Å². The molecule has 1 aliphatic rings. The van der Waals surface area contributed by atoms with Crippen LogP contribution in [-0.4, -0.2) is 37.3 Å². The van der Waals surface area contributed by atoms with Gasteiger partial charge >= 0.3 is 0 Å². The third-order valence-corrected chi connectivity index (χ3v) is 4.97. The molecule has 0 bridgehead atoms. The van der Waals surface area contributed by atoms with Gasteiger partial charge in [0.1, 0.15) is 17.6 Å². The van der Waals surface area contributed by atoms with E-state index in [0.717, 1.165) is 0 Å². The van der Waals surface area contributed by atoms with Crippen molar-refractivity contribution in [1.29, 1.82) is 0 Å². The van der Waals surface area contributed by atoms with Gasteiger partial charge in [0.05, 0.1) is 11.5 Å². The first-order valence-corrected chi connectivity index (χ1v) is 8.62. The molecule has 1 aromatic heterocycles. The molecule has 2 rings (SSSR count). The first-order valence-electron chi connectivity index (χ1n) is 6.79. The van der Waals surface area contributed by atoms with E-state index in [1.165, 1.54) is 6.08 Å². The fourth-order valence-corrected chi connectivity index (χ4v) is 3.75. The van der Waals surface area contributed by atoms with Gasteiger partial charge in [-0.05, 0) is 26.0 Å². The predicted octanol–water partition coefficient (Wildman–Crippen LogP) is 2.02. The van der Waals surface area contributed by atoms with Crippen LogP contribution in [-0.2, 0) is 14.6 Å². The van der Waals surface area contributed by atoms with E-state index < -0.39 is 15.9 Å². The molecule has 1 unspecified atom stereocenters. The first-order chi connectivity index (χ1) is 9.93. The maximum atomic E-state index is 12.2. The van der Waals surface area contributed by atoms with Crippen molar-refractivity contribution in [1.82, 2.24) is 4.90 Å². The Morgan fingerprint density at radius 1 is 1.38 bits per heavy atom. The van der Waals surface area contributed by atoms with Gasteiger partial charge in [-0.15, -0.1) is 0 Å². The predicted molar refractivity (Wildman–Crippen MR) is 80.5 cm³/mol. The molecule has 1 fully saturated rings. The molecule has 1 aliphatic heterocycles. The van der Waals surface area contributed by atoms with Crippen LogP contribution in [0.3, 0.4) is 0 Å². The van der Waals surface area contributed by atoms with Crippen molar-refractivity contribution in [3.63, 3.8) is 0 Å². The van der Waals surface area contributed by atoms with E-state index in [9.17, 15) is 13.2 Å². The van der Waals surface area contributed by atoms with Gasteiger partial charge in [-0.25, -0.2) is 8.42 Å². The summed E-state index contributed by atoms with van der Waals surface area (Å²) in [7, 11) is -3.15. The fraction of sp³-hybridized carbons (Fsp3) is 0.400. The van der Waals surface area contributed by atoms with Crippen LogP contribution in [0.25, 0.3) is 0 Å². The summed E-state index contributed by atoms with van der Waals surface area (Å²) < 4.78 is 29.2. The van der Waals surface area contributed by atoms with Crippen LogP contribution in [0.1, 0.15) is 24.5 Å². The van der Waals surface area contributed by atoms with E-state index in [1.807, 2.05) is 13.0 Å². The van der Waals surface area contributed by atoms with Gasteiger partial charge in [-0.3, -0.25) is 4.79 Å². The van der Waals surface area contributed by atoms with Crippen LogP contribution in [0, 0.1) is 6.92 Å². The van der Waals surface area contributed by atoms with Crippen LogP contribution in [0.4, 0.5) is 0 Å². The van der Waals surface area contributed by atoms with E-state index in [2.05, 4.69) is 0 Å². The number of carbonyl (C=O) groups excluding carboxylic acids is 1. The number of aryl methyl sites for hydroxylation is 1. The fourth-order valence-electron chi connectivity index (χ4n) is 2.28. The Morgan fingerprint density at radius 2 is 2.14 bits per heavy atom. The van der Waals surface area contributed by atoms with Crippen molar-refractivity contribution in [3.8, 4) is 0 Å². The lowest BCUT2D eigenvalue weighted by Gasteiger charge is -2.33. The number of sulfone groups is 1. The molecule has 0 N–H and O–H groups in total. The molecule has 0 aliphatic carbocycles. The minimum absolute atomic E-state index is 0.00755. The molecule has 0 saturated carbocycles. The van der Waals surface area contributed by atoms with E-state index >= 15 is 0 Å². The standard InChI is InChI=1S/C15H19NO4S/c1-3-4-5-6-15(17)16-9-10-21(18,19)11-13(16)14-8-7-12(2)20-14/h3-8,13H,9-11H2,1-2H3. The summed E-state index contributed by atoms with van der Waals surface area (Å²) in [5, 5.41) is 0. The van der Waals surface area contributed by atoms with Crippen LogP contribution in [0.5, 0.6) is 0 Å². The normalized spacial score (nSPS) is 22.2. The molecular weight excluding hydrogens is 290 g/mol. The van der Waals surface area contributed by atoms with E-state index in [4.69, 9.17) is 4.42 Å². The van der Waals surface area contributed by atoms with Gasteiger partial charge in [0.15, 0.2) is 9.84 Å². The van der Waals surface area contributed by atoms with Crippen LogP contribution < -0.4 is 0 Å². The molecule has 5 nitrogen and oxygen atoms in total. The molecule has 0 spiro atoms. The minimum Gasteiger partial charge on any atom is -0.464 e. The lowest BCUT2D eigenvalue weighted by Crippen LogP contribution is -2.45. The maximum absolute atomic E-state index is 12.2. The lowest BCUT2D eigenvalue weighted by molar-refractivity contribution is -0.128. The highest BCUT2D eigenvalue weighted by Crippen LogP contribution is 2.28. The van der Waals surface area contributed by atoms with Crippen molar-refractivity contribution < 1.29 is 17.6 Å². The maximum Gasteiger partial charge on any atom is 0.247 e. The number of hydrogen-bond donors (Lipinski definition) is 0. The number of rotatable bonds is 3. The van der Waals surface area contributed by atoms with E-state index in [-0.39, 0.29) is 24.0 Å². The first kappa shape index (κ1) is 15.6. The highest BCUT2D eigenvalue weighted by molar-refractivity contribution is 7.91. The summed E-state index contributed by atoms with van der Waals surface area (Å²) in [6, 6.07) is 2.95. The summed E-state index contributed by atoms with van der Waals surface area (Å²) in [6.07, 6.45) is 6.67. The SMILES string of the molecule is CC=CC=CC(=O)N1CCS(=O)(=O)CC1c1ccc(C)o1. The second kappa shape index (κ2) is 6.30. The van der Waals surface area contributed by atoms with Crippen LogP contribution in [0.2, 0.25) is 0 Å². The van der Waals surface area contributed by atoms with Gasteiger partial charge in [0, 0.05) is 12.6 Å². The molecule has 1 aromatic rings. The van der Waals surface area contributed by atoms with Crippen molar-refractivity contribution in [2.45, 2.75) is 19.9 Å². The summed E-state index contributed by atoms with van der Waals surface area (Å²) >= 11 is 0. The highest BCUT2D eigenvalue weighted by Gasteiger charge is 2.36. The van der Waals surface area contributed by atoms with E-state index in [1.54, 1.807) is 36.1 Å². The number of amides is 1. The second-order valence-electron chi connectivity index (χ2n) is 5.00. The number of nitrogens with zero attached hydrogens (tertiary/aromatic N) is 1. The second-order valence-corrected chi connectivity index (χ2v) is 7.22. The average molecular weight is 309 g/mol. The highest BCUT2D eigenvalue weighted by atomic mass is 32.2. The van der Waals surface area contributed by atoms with Gasteiger partial charge in [0.2, 0.25) is 5.91 Å². The quantitative estimate of drug-likeness (QED) is 0.633. The minimum atomic E-state index is -3.15. The number of furan rings is 1. The summed E-state index contributed by atoms with van der Waals surface area (Å²) in [5.41, 5.74) is 0. The Bertz CT molecular complexity index is 670. The van der Waals surface area contributed by atoms with Gasteiger partial charge in [-0.2, -0.15) is 0 Å². The van der Waals surface area contributed by atoms with Gasteiger partial charge in [0.25, 0.3) is 0 Å². The molecule has 1 atom stereocenters. The topological polar surface area (TPSA) is 67.6 Å². The Hall–Kier alpha value is -1.82. The average Bonchev–Trinajstić information content (AvgIpc) is 2.84. The smallest absolute Gasteiger partial charge is 0.247 e. The Balaban J connectivity index is 2.27. The van der Waals surface area contributed by atoms with Crippen molar-refractivity contribution in [3.05, 3.63) is 48.0 Å². The summed E-state index contributed by atoms with van der Waals surface area (Å²) in [4.78, 5) is 13.8. The Labute approximate surface area is 124 Å². The molecule has 1 saturated heterocycles. The van der Waals surface area contributed by atoms with Crippen LogP contribution >= 0.6 is 0 Å². The number of allylic oxidation sites excluding steroid dienone is 3. The largest absolute Gasteiger partial charge is 0.464 e. The summed E-state index contributed by atoms with van der Waals surface area (Å²) in [6.45, 7) is 3.83. The van der Waals surface area contributed by atoms with Gasteiger partial charge in [-0.1, -0.05) is 18.2 Å². The molecule has 114 valence electrons. The van der Waals surface area contributed by atoms with Gasteiger partial charge < -0.3 is 9.32 Å². The molecular formula is C15H19NO4S. The molecule has 0 aromatic carbocycles. The number of hydrogen-bond acceptors (Lipinski definition) is 4.